The third-order valence-corrected chi connectivity index (χ3v) is 5.35. The number of carboxylic acids is 1. The number of thioether (sulfide) groups is 1. The lowest BCUT2D eigenvalue weighted by molar-refractivity contribution is -0.138. The molecule has 3 unspecified atom stereocenters. The van der Waals surface area contributed by atoms with Crippen molar-refractivity contribution >= 4 is 23.6 Å². The minimum Gasteiger partial charge on any atom is -0.481 e. The number of piperidine rings is 1. The second kappa shape index (κ2) is 7.31. The van der Waals surface area contributed by atoms with E-state index in [2.05, 4.69) is 5.32 Å². The summed E-state index contributed by atoms with van der Waals surface area (Å²) in [5.41, 5.74) is 0. The van der Waals surface area contributed by atoms with Gasteiger partial charge < -0.3 is 15.3 Å². The van der Waals surface area contributed by atoms with Gasteiger partial charge in [0, 0.05) is 37.6 Å². The zero-order chi connectivity index (χ0) is 14.5. The van der Waals surface area contributed by atoms with E-state index >= 15 is 0 Å². The van der Waals surface area contributed by atoms with Crippen molar-refractivity contribution < 1.29 is 14.7 Å². The Morgan fingerprint density at radius 3 is 2.95 bits per heavy atom. The number of likely N-dealkylation sites (tertiary alicyclic amines) is 1. The predicted molar refractivity (Wildman–Crippen MR) is 79.8 cm³/mol. The van der Waals surface area contributed by atoms with Crippen LogP contribution in [0.1, 0.15) is 26.2 Å². The van der Waals surface area contributed by atoms with Gasteiger partial charge in [-0.3, -0.25) is 9.59 Å². The van der Waals surface area contributed by atoms with Gasteiger partial charge in [0.15, 0.2) is 0 Å². The highest BCUT2D eigenvalue weighted by Gasteiger charge is 2.32. The second-order valence-electron chi connectivity index (χ2n) is 5.84. The molecule has 0 aromatic heterocycles. The molecule has 0 saturated carbocycles. The van der Waals surface area contributed by atoms with Gasteiger partial charge in [0.05, 0.1) is 6.04 Å². The molecule has 5 nitrogen and oxygen atoms in total. The Morgan fingerprint density at radius 2 is 2.30 bits per heavy atom. The van der Waals surface area contributed by atoms with Gasteiger partial charge in [0.1, 0.15) is 0 Å². The lowest BCUT2D eigenvalue weighted by Gasteiger charge is -2.38. The first-order valence-corrected chi connectivity index (χ1v) is 8.55. The van der Waals surface area contributed by atoms with E-state index in [1.807, 2.05) is 23.6 Å². The summed E-state index contributed by atoms with van der Waals surface area (Å²) in [5.74, 6) is 1.83. The SMILES string of the molecule is CC(CC(=O)O)C1CCCN(C(=O)C2CSCCN2)C1. The summed E-state index contributed by atoms with van der Waals surface area (Å²) in [5, 5.41) is 12.2. The minimum atomic E-state index is -0.744. The van der Waals surface area contributed by atoms with E-state index in [1.165, 1.54) is 0 Å². The van der Waals surface area contributed by atoms with Gasteiger partial charge in [0.25, 0.3) is 0 Å². The number of nitrogens with zero attached hydrogens (tertiary/aromatic N) is 1. The molecule has 20 heavy (non-hydrogen) atoms. The van der Waals surface area contributed by atoms with E-state index in [0.29, 0.717) is 5.92 Å². The van der Waals surface area contributed by atoms with Crippen LogP contribution in [-0.2, 0) is 9.59 Å². The first kappa shape index (κ1) is 15.6. The van der Waals surface area contributed by atoms with Gasteiger partial charge in [-0.15, -0.1) is 0 Å². The number of carboxylic acid groups (broad SMARTS) is 1. The first-order chi connectivity index (χ1) is 9.58. The highest BCUT2D eigenvalue weighted by atomic mass is 32.2. The number of amides is 1. The molecule has 2 aliphatic rings. The number of rotatable bonds is 4. The fraction of sp³-hybridized carbons (Fsp3) is 0.857. The van der Waals surface area contributed by atoms with Crippen molar-refractivity contribution in [3.63, 3.8) is 0 Å². The molecule has 0 radical (unpaired) electrons. The monoisotopic (exact) mass is 300 g/mol. The highest BCUT2D eigenvalue weighted by molar-refractivity contribution is 7.99. The Labute approximate surface area is 124 Å². The number of hydrogen-bond acceptors (Lipinski definition) is 4. The molecule has 2 rings (SSSR count). The van der Waals surface area contributed by atoms with Crippen LogP contribution in [0.5, 0.6) is 0 Å². The minimum absolute atomic E-state index is 0.0534. The van der Waals surface area contributed by atoms with Crippen molar-refractivity contribution in [2.45, 2.75) is 32.2 Å². The molecule has 1 amide bonds. The topological polar surface area (TPSA) is 69.6 Å². The number of hydrogen-bond donors (Lipinski definition) is 2. The Balaban J connectivity index is 1.88. The summed E-state index contributed by atoms with van der Waals surface area (Å²) in [6, 6.07) is -0.0534. The molecule has 2 N–H and O–H groups in total. The summed E-state index contributed by atoms with van der Waals surface area (Å²) >= 11 is 1.82. The van der Waals surface area contributed by atoms with Crippen LogP contribution in [0, 0.1) is 11.8 Å². The zero-order valence-electron chi connectivity index (χ0n) is 12.0. The third kappa shape index (κ3) is 4.12. The van der Waals surface area contributed by atoms with Crippen molar-refractivity contribution in [2.24, 2.45) is 11.8 Å². The maximum absolute atomic E-state index is 12.5. The molecular formula is C14H24N2O3S. The van der Waals surface area contributed by atoms with E-state index in [1.54, 1.807) is 0 Å². The quantitative estimate of drug-likeness (QED) is 0.812. The van der Waals surface area contributed by atoms with Crippen molar-refractivity contribution in [2.75, 3.05) is 31.1 Å². The largest absolute Gasteiger partial charge is 0.481 e. The van der Waals surface area contributed by atoms with Crippen LogP contribution in [0.4, 0.5) is 0 Å². The lowest BCUT2D eigenvalue weighted by atomic mass is 9.84. The molecule has 2 saturated heterocycles. The van der Waals surface area contributed by atoms with Gasteiger partial charge in [-0.1, -0.05) is 6.92 Å². The van der Waals surface area contributed by atoms with E-state index in [4.69, 9.17) is 5.11 Å². The Bertz CT molecular complexity index is 358. The summed E-state index contributed by atoms with van der Waals surface area (Å²) in [6.45, 7) is 4.42. The van der Waals surface area contributed by atoms with Gasteiger partial charge in [-0.2, -0.15) is 11.8 Å². The van der Waals surface area contributed by atoms with Gasteiger partial charge in [-0.25, -0.2) is 0 Å². The molecule has 0 bridgehead atoms. The second-order valence-corrected chi connectivity index (χ2v) is 6.99. The molecular weight excluding hydrogens is 276 g/mol. The number of nitrogens with one attached hydrogen (secondary N) is 1. The van der Waals surface area contributed by atoms with E-state index in [-0.39, 0.29) is 24.3 Å². The Kier molecular flexibility index (Phi) is 5.72. The average molecular weight is 300 g/mol. The van der Waals surface area contributed by atoms with Crippen LogP contribution < -0.4 is 5.32 Å². The first-order valence-electron chi connectivity index (χ1n) is 7.39. The number of carbonyl (C=O) groups excluding carboxylic acids is 1. The standard InChI is InChI=1S/C14H24N2O3S/c1-10(7-13(17)18)11-3-2-5-16(8-11)14(19)12-9-20-6-4-15-12/h10-12,15H,2-9H2,1H3,(H,17,18). The Morgan fingerprint density at radius 1 is 1.50 bits per heavy atom. The molecule has 6 heteroatoms. The van der Waals surface area contributed by atoms with Crippen LogP contribution in [-0.4, -0.2) is 59.1 Å². The summed E-state index contributed by atoms with van der Waals surface area (Å²) in [4.78, 5) is 25.2. The maximum atomic E-state index is 12.5. The highest BCUT2D eigenvalue weighted by Crippen LogP contribution is 2.26. The molecule has 3 atom stereocenters. The van der Waals surface area contributed by atoms with Gasteiger partial charge in [-0.05, 0) is 24.7 Å². The van der Waals surface area contributed by atoms with Gasteiger partial charge >= 0.3 is 5.97 Å². The molecule has 2 heterocycles. The summed E-state index contributed by atoms with van der Waals surface area (Å²) in [7, 11) is 0. The molecule has 0 aromatic rings. The zero-order valence-corrected chi connectivity index (χ0v) is 12.8. The molecule has 114 valence electrons. The van der Waals surface area contributed by atoms with Crippen LogP contribution >= 0.6 is 11.8 Å². The number of aliphatic carboxylic acids is 1. The lowest BCUT2D eigenvalue weighted by Crippen LogP contribution is -2.53. The van der Waals surface area contributed by atoms with Crippen molar-refractivity contribution in [1.29, 1.82) is 0 Å². The van der Waals surface area contributed by atoms with Crippen molar-refractivity contribution in [3.8, 4) is 0 Å². The predicted octanol–water partition coefficient (Wildman–Crippen LogP) is 1.04. The Hall–Kier alpha value is -0.750. The van der Waals surface area contributed by atoms with Crippen LogP contribution in [0.25, 0.3) is 0 Å². The summed E-state index contributed by atoms with van der Waals surface area (Å²) in [6.07, 6.45) is 2.22. The average Bonchev–Trinajstić information content (AvgIpc) is 2.47. The van der Waals surface area contributed by atoms with E-state index in [0.717, 1.165) is 44.0 Å². The number of carbonyl (C=O) groups is 2. The molecule has 2 aliphatic heterocycles. The molecule has 2 fully saturated rings. The molecule has 0 aromatic carbocycles. The van der Waals surface area contributed by atoms with Crippen LogP contribution in [0.3, 0.4) is 0 Å². The normalized spacial score (nSPS) is 28.9. The van der Waals surface area contributed by atoms with Crippen LogP contribution in [0.15, 0.2) is 0 Å². The molecule has 0 spiro atoms. The van der Waals surface area contributed by atoms with E-state index in [9.17, 15) is 9.59 Å². The van der Waals surface area contributed by atoms with Crippen molar-refractivity contribution in [1.82, 2.24) is 10.2 Å². The summed E-state index contributed by atoms with van der Waals surface area (Å²) < 4.78 is 0. The molecule has 0 aliphatic carbocycles. The van der Waals surface area contributed by atoms with E-state index < -0.39 is 5.97 Å². The smallest absolute Gasteiger partial charge is 0.303 e. The van der Waals surface area contributed by atoms with Crippen LogP contribution in [0.2, 0.25) is 0 Å². The van der Waals surface area contributed by atoms with Gasteiger partial charge in [0.2, 0.25) is 5.91 Å². The van der Waals surface area contributed by atoms with Crippen molar-refractivity contribution in [3.05, 3.63) is 0 Å². The fourth-order valence-corrected chi connectivity index (χ4v) is 3.99. The fourth-order valence-electron chi connectivity index (χ4n) is 3.06. The maximum Gasteiger partial charge on any atom is 0.303 e. The third-order valence-electron chi connectivity index (χ3n) is 4.29.